The Morgan fingerprint density at radius 2 is 1.91 bits per heavy atom. The average molecular weight is 503 g/mol. The van der Waals surface area contributed by atoms with E-state index in [0.717, 1.165) is 0 Å². The van der Waals surface area contributed by atoms with Crippen LogP contribution in [0.5, 0.6) is 0 Å². The number of rotatable bonds is 8. The maximum atomic E-state index is 14.5. The molecule has 1 amide bonds. The van der Waals surface area contributed by atoms with Crippen molar-refractivity contribution in [2.75, 3.05) is 13.2 Å². The Kier molecular flexibility index (Phi) is 7.33. The lowest BCUT2D eigenvalue weighted by molar-refractivity contribution is -0.138. The number of carbonyl (C=O) groups excluding carboxylic acids is 3. The molecule has 35 heavy (non-hydrogen) atoms. The summed E-state index contributed by atoms with van der Waals surface area (Å²) in [4.78, 5) is 39.6. The van der Waals surface area contributed by atoms with E-state index in [0.29, 0.717) is 16.5 Å². The number of ketones is 2. The van der Waals surface area contributed by atoms with E-state index < -0.39 is 42.2 Å². The van der Waals surface area contributed by atoms with Crippen LogP contribution < -0.4 is 0 Å². The first-order chi connectivity index (χ1) is 16.7. The van der Waals surface area contributed by atoms with Crippen LogP contribution in [0.1, 0.15) is 41.6 Å². The summed E-state index contributed by atoms with van der Waals surface area (Å²) in [6, 6.07) is 10.5. The first kappa shape index (κ1) is 25.0. The van der Waals surface area contributed by atoms with E-state index in [4.69, 9.17) is 11.6 Å². The Hall–Kier alpha value is -3.10. The molecule has 2 heterocycles. The van der Waals surface area contributed by atoms with Gasteiger partial charge in [-0.3, -0.25) is 14.4 Å². The lowest BCUT2D eigenvalue weighted by Crippen LogP contribution is -2.42. The number of hydrogen-bond donors (Lipinski definition) is 1. The fourth-order valence-electron chi connectivity index (χ4n) is 4.75. The van der Waals surface area contributed by atoms with Gasteiger partial charge in [-0.25, -0.2) is 8.78 Å². The van der Waals surface area contributed by atoms with Crippen molar-refractivity contribution in [1.29, 1.82) is 0 Å². The zero-order chi connectivity index (χ0) is 25.3. The van der Waals surface area contributed by atoms with Crippen molar-refractivity contribution in [1.82, 2.24) is 9.47 Å². The highest BCUT2D eigenvalue weighted by atomic mass is 35.5. The van der Waals surface area contributed by atoms with E-state index in [1.54, 1.807) is 35.0 Å². The van der Waals surface area contributed by atoms with Crippen LogP contribution >= 0.6 is 11.6 Å². The van der Waals surface area contributed by atoms with Crippen molar-refractivity contribution in [3.05, 3.63) is 70.6 Å². The number of aliphatic hydroxyl groups is 1. The third kappa shape index (κ3) is 4.99. The number of hydrogen-bond acceptors (Lipinski definition) is 4. The van der Waals surface area contributed by atoms with Crippen molar-refractivity contribution >= 4 is 40.0 Å². The first-order valence-electron chi connectivity index (χ1n) is 11.3. The molecule has 1 aromatic heterocycles. The minimum Gasteiger partial charge on any atom is -0.396 e. The van der Waals surface area contributed by atoms with Gasteiger partial charge in [0.25, 0.3) is 0 Å². The lowest BCUT2D eigenvalue weighted by atomic mass is 9.91. The van der Waals surface area contributed by atoms with Crippen molar-refractivity contribution in [2.24, 2.45) is 0 Å². The number of likely N-dealkylation sites (tertiary alicyclic amines) is 1. The molecule has 0 unspecified atom stereocenters. The van der Waals surface area contributed by atoms with Gasteiger partial charge in [-0.15, -0.1) is 0 Å². The second-order valence-corrected chi connectivity index (χ2v) is 9.24. The van der Waals surface area contributed by atoms with Gasteiger partial charge in [-0.2, -0.15) is 0 Å². The topological polar surface area (TPSA) is 79.6 Å². The van der Waals surface area contributed by atoms with Gasteiger partial charge in [0.15, 0.2) is 11.6 Å². The summed E-state index contributed by atoms with van der Waals surface area (Å²) >= 11 is 5.83. The molecule has 0 saturated carbocycles. The molecule has 0 aliphatic carbocycles. The molecular formula is C26H25ClF2N2O4. The number of para-hydroxylation sites is 1. The van der Waals surface area contributed by atoms with E-state index in [1.165, 1.54) is 30.0 Å². The van der Waals surface area contributed by atoms with Crippen molar-refractivity contribution in [3.63, 3.8) is 0 Å². The average Bonchev–Trinajstić information content (AvgIpc) is 3.40. The van der Waals surface area contributed by atoms with Crippen molar-refractivity contribution in [2.45, 2.75) is 44.4 Å². The number of carbonyl (C=O) groups is 3. The number of alkyl halides is 1. The Morgan fingerprint density at radius 1 is 1.17 bits per heavy atom. The summed E-state index contributed by atoms with van der Waals surface area (Å²) in [5.74, 6) is -2.66. The number of fused-ring (bicyclic) bond motifs is 1. The molecule has 4 rings (SSSR count). The second-order valence-electron chi connectivity index (χ2n) is 8.83. The summed E-state index contributed by atoms with van der Waals surface area (Å²) in [7, 11) is 0. The van der Waals surface area contributed by atoms with Gasteiger partial charge in [0.2, 0.25) is 5.91 Å². The number of aromatic nitrogens is 1. The fraction of sp³-hybridized carbons (Fsp3) is 0.346. The Labute approximate surface area is 206 Å². The van der Waals surface area contributed by atoms with Crippen LogP contribution in [0.15, 0.2) is 48.7 Å². The normalized spacial score (nSPS) is 18.7. The molecule has 0 spiro atoms. The zero-order valence-electron chi connectivity index (χ0n) is 19.1. The molecule has 1 fully saturated rings. The van der Waals surface area contributed by atoms with Gasteiger partial charge >= 0.3 is 0 Å². The quantitative estimate of drug-likeness (QED) is 0.465. The van der Waals surface area contributed by atoms with Crippen LogP contribution in [0, 0.1) is 5.82 Å². The summed E-state index contributed by atoms with van der Waals surface area (Å²) in [6.07, 6.45) is -0.214. The number of nitrogens with zero attached hydrogens (tertiary/aromatic N) is 2. The fourth-order valence-corrected chi connectivity index (χ4v) is 4.93. The van der Waals surface area contributed by atoms with Gasteiger partial charge in [0, 0.05) is 41.4 Å². The Morgan fingerprint density at radius 3 is 2.63 bits per heavy atom. The molecule has 2 aromatic carbocycles. The molecule has 0 bridgehead atoms. The minimum atomic E-state index is -1.38. The SMILES string of the molecule is CC(=O)c1cn(CC(=O)N2C[C@H](F)C[C@H]2C(=O)C[C@H](CO)c2cccc(Cl)c2F)c2ccccc12. The zero-order valence-corrected chi connectivity index (χ0v) is 19.8. The predicted molar refractivity (Wildman–Crippen MR) is 128 cm³/mol. The Balaban J connectivity index is 1.54. The molecule has 1 aliphatic rings. The first-order valence-corrected chi connectivity index (χ1v) is 11.7. The maximum absolute atomic E-state index is 14.5. The van der Waals surface area contributed by atoms with Crippen molar-refractivity contribution < 1.29 is 28.3 Å². The van der Waals surface area contributed by atoms with Crippen molar-refractivity contribution in [3.8, 4) is 0 Å². The molecule has 3 atom stereocenters. The highest BCUT2D eigenvalue weighted by Crippen LogP contribution is 2.30. The van der Waals surface area contributed by atoms with Crippen LogP contribution in [0.4, 0.5) is 8.78 Å². The molecule has 0 radical (unpaired) electrons. The number of amides is 1. The number of benzene rings is 2. The largest absolute Gasteiger partial charge is 0.396 e. The lowest BCUT2D eigenvalue weighted by Gasteiger charge is -2.25. The van der Waals surface area contributed by atoms with E-state index in [1.807, 2.05) is 0 Å². The molecule has 1 saturated heterocycles. The maximum Gasteiger partial charge on any atom is 0.243 e. The summed E-state index contributed by atoms with van der Waals surface area (Å²) in [5.41, 5.74) is 1.25. The second kappa shape index (κ2) is 10.3. The molecule has 9 heteroatoms. The Bertz CT molecular complexity index is 1290. The molecule has 1 N–H and O–H groups in total. The molecule has 3 aromatic rings. The highest BCUT2D eigenvalue weighted by Gasteiger charge is 2.40. The van der Waals surface area contributed by atoms with Crippen LogP contribution in [-0.2, 0) is 16.1 Å². The van der Waals surface area contributed by atoms with Gasteiger partial charge in [-0.1, -0.05) is 41.9 Å². The standard InChI is InChI=1S/C26H25ClF2N2O4/c1-15(33)20-12-30(22-8-3-2-5-19(20)22)13-25(35)31-11-17(28)10-23(31)24(34)9-16(14-32)18-6-4-7-21(27)26(18)29/h2-8,12,16-17,23,32H,9-11,13-14H2,1H3/t16-,17-,23+/m1/s1. The van der Waals surface area contributed by atoms with Crippen LogP contribution in [0.3, 0.4) is 0 Å². The monoisotopic (exact) mass is 502 g/mol. The summed E-state index contributed by atoms with van der Waals surface area (Å²) in [5, 5.41) is 10.4. The smallest absolute Gasteiger partial charge is 0.243 e. The van der Waals surface area contributed by atoms with Gasteiger partial charge in [0.05, 0.1) is 24.2 Å². The van der Waals surface area contributed by atoms with E-state index >= 15 is 0 Å². The highest BCUT2D eigenvalue weighted by molar-refractivity contribution is 6.30. The van der Waals surface area contributed by atoms with E-state index in [-0.39, 0.29) is 42.3 Å². The van der Waals surface area contributed by atoms with Crippen LogP contribution in [0.25, 0.3) is 10.9 Å². The minimum absolute atomic E-state index is 0.0941. The van der Waals surface area contributed by atoms with E-state index in [2.05, 4.69) is 0 Å². The van der Waals surface area contributed by atoms with E-state index in [9.17, 15) is 28.3 Å². The molecular weight excluding hydrogens is 478 g/mol. The van der Waals surface area contributed by atoms with Gasteiger partial charge in [-0.05, 0) is 24.6 Å². The predicted octanol–water partition coefficient (Wildman–Crippen LogP) is 4.31. The molecule has 1 aliphatic heterocycles. The number of aliphatic hydroxyl groups excluding tert-OH is 1. The number of Topliss-reactive ketones (excluding diaryl/α,β-unsaturated/α-hetero) is 2. The van der Waals surface area contributed by atoms with Gasteiger partial charge in [0.1, 0.15) is 18.5 Å². The number of halogens is 3. The van der Waals surface area contributed by atoms with Crippen LogP contribution in [-0.4, -0.2) is 57.4 Å². The summed E-state index contributed by atoms with van der Waals surface area (Å²) < 4.78 is 30.5. The third-order valence-corrected chi connectivity index (χ3v) is 6.80. The van der Waals surface area contributed by atoms with Crippen LogP contribution in [0.2, 0.25) is 5.02 Å². The third-order valence-electron chi connectivity index (χ3n) is 6.50. The van der Waals surface area contributed by atoms with Gasteiger partial charge < -0.3 is 14.6 Å². The molecule has 6 nitrogen and oxygen atoms in total. The molecule has 184 valence electrons. The summed E-state index contributed by atoms with van der Waals surface area (Å²) in [6.45, 7) is 0.531.